The maximum absolute atomic E-state index is 11.3. The molecule has 0 aliphatic rings. The second-order valence-electron chi connectivity index (χ2n) is 4.46. The molecular weight excluding hydrogens is 212 g/mol. The highest BCUT2D eigenvalue weighted by molar-refractivity contribution is 5.82. The molecular formula is C14H22N2O. The Morgan fingerprint density at radius 1 is 1.41 bits per heavy atom. The lowest BCUT2D eigenvalue weighted by Crippen LogP contribution is -2.35. The molecule has 1 rings (SSSR count). The van der Waals surface area contributed by atoms with E-state index in [-0.39, 0.29) is 11.9 Å². The van der Waals surface area contributed by atoms with Crippen LogP contribution < -0.4 is 11.1 Å². The number of rotatable bonds is 7. The molecule has 17 heavy (non-hydrogen) atoms. The van der Waals surface area contributed by atoms with E-state index >= 15 is 0 Å². The van der Waals surface area contributed by atoms with Crippen molar-refractivity contribution in [3.8, 4) is 0 Å². The van der Waals surface area contributed by atoms with Crippen LogP contribution >= 0.6 is 0 Å². The summed E-state index contributed by atoms with van der Waals surface area (Å²) >= 11 is 0. The van der Waals surface area contributed by atoms with Gasteiger partial charge in [0.15, 0.2) is 0 Å². The quantitative estimate of drug-likeness (QED) is 0.713. The Bertz CT molecular complexity index is 363. The normalized spacial score (nSPS) is 12.1. The Hall–Kier alpha value is -1.51. The molecule has 0 heterocycles. The van der Waals surface area contributed by atoms with E-state index in [1.54, 1.807) is 0 Å². The second-order valence-corrected chi connectivity index (χ2v) is 4.46. The molecule has 0 fully saturated rings. The number of aryl methyl sites for hydroxylation is 1. The van der Waals surface area contributed by atoms with E-state index in [9.17, 15) is 4.79 Å². The fourth-order valence-corrected chi connectivity index (χ4v) is 1.82. The lowest BCUT2D eigenvalue weighted by Gasteiger charge is -2.16. The fraction of sp³-hybridized carbons (Fsp3) is 0.500. The minimum Gasteiger partial charge on any atom is -0.374 e. The van der Waals surface area contributed by atoms with Crippen LogP contribution in [0.2, 0.25) is 0 Å². The third-order valence-electron chi connectivity index (χ3n) is 2.80. The number of hydrogen-bond donors (Lipinski definition) is 2. The number of primary amides is 1. The molecule has 3 heteroatoms. The summed E-state index contributed by atoms with van der Waals surface area (Å²) in [6.45, 7) is 4.18. The van der Waals surface area contributed by atoms with Crippen LogP contribution in [0.25, 0.3) is 0 Å². The van der Waals surface area contributed by atoms with E-state index in [1.165, 1.54) is 5.56 Å². The predicted octanol–water partition coefficient (Wildman–Crippen LogP) is 2.84. The fourth-order valence-electron chi connectivity index (χ4n) is 1.82. The number of hydrogen-bond acceptors (Lipinski definition) is 2. The van der Waals surface area contributed by atoms with Crippen molar-refractivity contribution >= 4 is 11.6 Å². The molecule has 1 atom stereocenters. The van der Waals surface area contributed by atoms with E-state index in [4.69, 9.17) is 5.73 Å². The lowest BCUT2D eigenvalue weighted by molar-refractivity contribution is -0.118. The monoisotopic (exact) mass is 234 g/mol. The molecule has 0 radical (unpaired) electrons. The van der Waals surface area contributed by atoms with Gasteiger partial charge in [-0.3, -0.25) is 4.79 Å². The van der Waals surface area contributed by atoms with Crippen LogP contribution in [-0.2, 0) is 4.79 Å². The van der Waals surface area contributed by atoms with E-state index in [0.29, 0.717) is 0 Å². The molecule has 0 saturated carbocycles. The van der Waals surface area contributed by atoms with Gasteiger partial charge in [0.05, 0.1) is 0 Å². The summed E-state index contributed by atoms with van der Waals surface area (Å²) in [6.07, 6.45) is 4.12. The minimum atomic E-state index is -0.275. The number of carbonyl (C=O) groups excluding carboxylic acids is 1. The summed E-state index contributed by atoms with van der Waals surface area (Å²) in [5.74, 6) is -0.275. The third-order valence-corrected chi connectivity index (χ3v) is 2.80. The first-order valence-electron chi connectivity index (χ1n) is 6.26. The first-order valence-corrected chi connectivity index (χ1v) is 6.26. The molecule has 0 aliphatic carbocycles. The lowest BCUT2D eigenvalue weighted by atomic mass is 10.1. The van der Waals surface area contributed by atoms with Crippen molar-refractivity contribution in [2.75, 3.05) is 5.32 Å². The molecule has 0 spiro atoms. The van der Waals surface area contributed by atoms with Gasteiger partial charge < -0.3 is 11.1 Å². The van der Waals surface area contributed by atoms with Crippen molar-refractivity contribution in [3.63, 3.8) is 0 Å². The highest BCUT2D eigenvalue weighted by atomic mass is 16.1. The standard InChI is InChI=1S/C14H22N2O/c1-3-4-5-9-13(14(15)17)16-12-8-6-7-11(2)10-12/h6-8,10,13,16H,3-5,9H2,1-2H3,(H2,15,17). The van der Waals surface area contributed by atoms with E-state index in [2.05, 4.69) is 12.2 Å². The smallest absolute Gasteiger partial charge is 0.239 e. The SMILES string of the molecule is CCCCCC(Nc1cccc(C)c1)C(N)=O. The van der Waals surface area contributed by atoms with Crippen LogP contribution in [0, 0.1) is 6.92 Å². The highest BCUT2D eigenvalue weighted by Gasteiger charge is 2.14. The minimum absolute atomic E-state index is 0.261. The van der Waals surface area contributed by atoms with Gasteiger partial charge in [0.25, 0.3) is 0 Å². The number of carbonyl (C=O) groups is 1. The summed E-state index contributed by atoms with van der Waals surface area (Å²) in [4.78, 5) is 11.3. The van der Waals surface area contributed by atoms with Crippen LogP contribution in [-0.4, -0.2) is 11.9 Å². The van der Waals surface area contributed by atoms with Crippen molar-refractivity contribution in [1.29, 1.82) is 0 Å². The molecule has 3 N–H and O–H groups in total. The zero-order chi connectivity index (χ0) is 12.7. The number of nitrogens with two attached hydrogens (primary N) is 1. The summed E-state index contributed by atoms with van der Waals surface area (Å²) in [5.41, 5.74) is 7.54. The topological polar surface area (TPSA) is 55.1 Å². The van der Waals surface area contributed by atoms with Crippen LogP contribution in [0.1, 0.15) is 38.2 Å². The molecule has 0 bridgehead atoms. The van der Waals surface area contributed by atoms with E-state index in [0.717, 1.165) is 31.4 Å². The Morgan fingerprint density at radius 2 is 2.18 bits per heavy atom. The van der Waals surface area contributed by atoms with Crippen LogP contribution in [0.3, 0.4) is 0 Å². The van der Waals surface area contributed by atoms with E-state index < -0.39 is 0 Å². The number of unbranched alkanes of at least 4 members (excludes halogenated alkanes) is 2. The van der Waals surface area contributed by atoms with Gasteiger partial charge in [-0.25, -0.2) is 0 Å². The van der Waals surface area contributed by atoms with Crippen molar-refractivity contribution in [3.05, 3.63) is 29.8 Å². The molecule has 0 aliphatic heterocycles. The van der Waals surface area contributed by atoms with E-state index in [1.807, 2.05) is 31.2 Å². The Balaban J connectivity index is 2.57. The summed E-state index contributed by atoms with van der Waals surface area (Å²) in [7, 11) is 0. The van der Waals surface area contributed by atoms with Gasteiger partial charge in [0, 0.05) is 5.69 Å². The molecule has 1 amide bonds. The first-order chi connectivity index (χ1) is 8.13. The van der Waals surface area contributed by atoms with Crippen LogP contribution in [0.4, 0.5) is 5.69 Å². The van der Waals surface area contributed by atoms with Crippen molar-refractivity contribution in [2.45, 2.75) is 45.6 Å². The van der Waals surface area contributed by atoms with Crippen molar-refractivity contribution in [2.24, 2.45) is 5.73 Å². The number of benzene rings is 1. The largest absolute Gasteiger partial charge is 0.374 e. The van der Waals surface area contributed by atoms with Crippen LogP contribution in [0.5, 0.6) is 0 Å². The highest BCUT2D eigenvalue weighted by Crippen LogP contribution is 2.13. The summed E-state index contributed by atoms with van der Waals surface area (Å²) in [5, 5.41) is 3.20. The van der Waals surface area contributed by atoms with Gasteiger partial charge in [-0.15, -0.1) is 0 Å². The Morgan fingerprint density at radius 3 is 2.76 bits per heavy atom. The number of anilines is 1. The van der Waals surface area contributed by atoms with Crippen LogP contribution in [0.15, 0.2) is 24.3 Å². The van der Waals surface area contributed by atoms with Gasteiger partial charge in [-0.05, 0) is 31.0 Å². The predicted molar refractivity (Wildman–Crippen MR) is 71.9 cm³/mol. The maximum atomic E-state index is 11.3. The molecule has 94 valence electrons. The van der Waals surface area contributed by atoms with Gasteiger partial charge in [-0.1, -0.05) is 38.3 Å². The van der Waals surface area contributed by atoms with Gasteiger partial charge in [0.1, 0.15) is 6.04 Å². The Labute approximate surface area is 103 Å². The van der Waals surface area contributed by atoms with Crippen molar-refractivity contribution in [1.82, 2.24) is 0 Å². The average Bonchev–Trinajstić information content (AvgIpc) is 2.28. The molecule has 3 nitrogen and oxygen atoms in total. The number of amides is 1. The maximum Gasteiger partial charge on any atom is 0.239 e. The first kappa shape index (κ1) is 13.6. The molecule has 1 aromatic rings. The summed E-state index contributed by atoms with van der Waals surface area (Å²) in [6, 6.07) is 7.73. The third kappa shape index (κ3) is 4.89. The van der Waals surface area contributed by atoms with Crippen molar-refractivity contribution < 1.29 is 4.79 Å². The van der Waals surface area contributed by atoms with Gasteiger partial charge in [0.2, 0.25) is 5.91 Å². The molecule has 1 unspecified atom stereocenters. The molecule has 1 aromatic carbocycles. The summed E-state index contributed by atoms with van der Waals surface area (Å²) < 4.78 is 0. The molecule has 0 saturated heterocycles. The average molecular weight is 234 g/mol. The Kier molecular flexibility index (Phi) is 5.53. The molecule has 0 aromatic heterocycles. The second kappa shape index (κ2) is 6.94. The number of nitrogens with one attached hydrogen (secondary N) is 1. The van der Waals surface area contributed by atoms with Gasteiger partial charge >= 0.3 is 0 Å². The van der Waals surface area contributed by atoms with Gasteiger partial charge in [-0.2, -0.15) is 0 Å². The zero-order valence-electron chi connectivity index (χ0n) is 10.7. The zero-order valence-corrected chi connectivity index (χ0v) is 10.7.